The highest BCUT2D eigenvalue weighted by molar-refractivity contribution is 5.82. The molecule has 21 heavy (non-hydrogen) atoms. The van der Waals surface area contributed by atoms with Crippen LogP contribution in [0.4, 0.5) is 0 Å². The van der Waals surface area contributed by atoms with Crippen molar-refractivity contribution >= 4 is 5.91 Å². The van der Waals surface area contributed by atoms with E-state index in [1.165, 1.54) is 12.8 Å². The minimum absolute atomic E-state index is 0.0159. The van der Waals surface area contributed by atoms with Gasteiger partial charge in [0.05, 0.1) is 6.04 Å². The molecule has 0 saturated heterocycles. The first kappa shape index (κ1) is 15.8. The molecular formula is C17H26N2O2. The lowest BCUT2D eigenvalue weighted by molar-refractivity contribution is -0.134. The summed E-state index contributed by atoms with van der Waals surface area (Å²) in [6, 6.07) is 6.68. The van der Waals surface area contributed by atoms with Gasteiger partial charge in [0.1, 0.15) is 5.75 Å². The highest BCUT2D eigenvalue weighted by Gasteiger charge is 2.28. The monoisotopic (exact) mass is 290 g/mol. The summed E-state index contributed by atoms with van der Waals surface area (Å²) in [4.78, 5) is 14.3. The van der Waals surface area contributed by atoms with Crippen molar-refractivity contribution in [3.63, 3.8) is 0 Å². The molecule has 0 aliphatic heterocycles. The van der Waals surface area contributed by atoms with E-state index < -0.39 is 6.04 Å². The lowest BCUT2D eigenvalue weighted by Crippen LogP contribution is -2.48. The normalized spacial score (nSPS) is 23.6. The quantitative estimate of drug-likeness (QED) is 0.894. The fraction of sp³-hybridized carbons (Fsp3) is 0.588. The summed E-state index contributed by atoms with van der Waals surface area (Å²) >= 11 is 0. The number of likely N-dealkylation sites (N-methyl/N-ethyl adjacent to an activating group) is 1. The van der Waals surface area contributed by atoms with E-state index in [0.717, 1.165) is 18.4 Å². The van der Waals surface area contributed by atoms with Crippen LogP contribution in [0.15, 0.2) is 24.3 Å². The number of hydrogen-bond acceptors (Lipinski definition) is 3. The van der Waals surface area contributed by atoms with Gasteiger partial charge in [0, 0.05) is 13.1 Å². The molecule has 0 aromatic heterocycles. The number of carbonyl (C=O) groups is 1. The molecule has 0 heterocycles. The Kier molecular flexibility index (Phi) is 5.23. The Morgan fingerprint density at radius 1 is 1.38 bits per heavy atom. The van der Waals surface area contributed by atoms with E-state index in [-0.39, 0.29) is 11.7 Å². The lowest BCUT2D eigenvalue weighted by atomic mass is 9.86. The molecule has 4 heteroatoms. The van der Waals surface area contributed by atoms with Crippen molar-refractivity contribution in [2.45, 2.75) is 51.1 Å². The van der Waals surface area contributed by atoms with Gasteiger partial charge < -0.3 is 15.7 Å². The van der Waals surface area contributed by atoms with Crippen LogP contribution in [0.1, 0.15) is 38.2 Å². The third-order valence-electron chi connectivity index (χ3n) is 4.51. The predicted octanol–water partition coefficient (Wildman–Crippen LogP) is 2.30. The topological polar surface area (TPSA) is 66.6 Å². The van der Waals surface area contributed by atoms with Gasteiger partial charge in [-0.3, -0.25) is 4.79 Å². The number of nitrogens with zero attached hydrogens (tertiary/aromatic N) is 1. The molecule has 1 fully saturated rings. The molecule has 4 nitrogen and oxygen atoms in total. The molecular weight excluding hydrogens is 264 g/mol. The van der Waals surface area contributed by atoms with Gasteiger partial charge in [0.2, 0.25) is 5.91 Å². The zero-order valence-corrected chi connectivity index (χ0v) is 13.0. The first-order valence-electron chi connectivity index (χ1n) is 7.77. The van der Waals surface area contributed by atoms with E-state index in [2.05, 4.69) is 6.92 Å². The highest BCUT2D eigenvalue weighted by atomic mass is 16.3. The number of benzene rings is 1. The van der Waals surface area contributed by atoms with Gasteiger partial charge in [-0.25, -0.2) is 0 Å². The molecule has 1 amide bonds. The van der Waals surface area contributed by atoms with Crippen LogP contribution >= 0.6 is 0 Å². The molecule has 1 aromatic carbocycles. The molecule has 0 bridgehead atoms. The van der Waals surface area contributed by atoms with E-state index in [1.807, 2.05) is 24.1 Å². The molecule has 3 atom stereocenters. The van der Waals surface area contributed by atoms with E-state index in [1.54, 1.807) is 12.1 Å². The Balaban J connectivity index is 1.93. The van der Waals surface area contributed by atoms with E-state index in [0.29, 0.717) is 18.4 Å². The van der Waals surface area contributed by atoms with Gasteiger partial charge in [0.25, 0.3) is 0 Å². The number of nitrogens with two attached hydrogens (primary N) is 1. The Morgan fingerprint density at radius 3 is 2.67 bits per heavy atom. The minimum atomic E-state index is -0.517. The maximum Gasteiger partial charge on any atom is 0.239 e. The Hall–Kier alpha value is -1.55. The summed E-state index contributed by atoms with van der Waals surface area (Å²) in [5.41, 5.74) is 7.05. The first-order valence-corrected chi connectivity index (χ1v) is 7.77. The van der Waals surface area contributed by atoms with Gasteiger partial charge in [-0.05, 0) is 42.9 Å². The number of rotatable bonds is 4. The van der Waals surface area contributed by atoms with Crippen LogP contribution in [0.3, 0.4) is 0 Å². The van der Waals surface area contributed by atoms with E-state index >= 15 is 0 Å². The van der Waals surface area contributed by atoms with Gasteiger partial charge in [0.15, 0.2) is 0 Å². The van der Waals surface area contributed by atoms with Crippen LogP contribution in [-0.2, 0) is 11.2 Å². The van der Waals surface area contributed by atoms with Crippen LogP contribution in [0, 0.1) is 5.92 Å². The molecule has 0 spiro atoms. The Bertz CT molecular complexity index is 472. The molecule has 1 aliphatic carbocycles. The van der Waals surface area contributed by atoms with Crippen LogP contribution in [-0.4, -0.2) is 35.0 Å². The van der Waals surface area contributed by atoms with Gasteiger partial charge in [-0.2, -0.15) is 0 Å². The van der Waals surface area contributed by atoms with Crippen molar-refractivity contribution in [3.8, 4) is 5.75 Å². The van der Waals surface area contributed by atoms with Crippen molar-refractivity contribution in [2.24, 2.45) is 11.7 Å². The second kappa shape index (κ2) is 6.94. The fourth-order valence-corrected chi connectivity index (χ4v) is 3.17. The largest absolute Gasteiger partial charge is 0.508 e. The maximum absolute atomic E-state index is 12.5. The smallest absolute Gasteiger partial charge is 0.239 e. The van der Waals surface area contributed by atoms with E-state index in [9.17, 15) is 9.90 Å². The lowest BCUT2D eigenvalue weighted by Gasteiger charge is -2.35. The Labute approximate surface area is 126 Å². The SMILES string of the molecule is CC1CCCC(N(C)C(=O)[C@@H](N)Cc2ccc(O)cc2)C1. The zero-order valence-electron chi connectivity index (χ0n) is 13.0. The number of carbonyl (C=O) groups excluding carboxylic acids is 1. The van der Waals surface area contributed by atoms with Gasteiger partial charge in [-0.15, -0.1) is 0 Å². The first-order chi connectivity index (χ1) is 9.97. The average molecular weight is 290 g/mol. The summed E-state index contributed by atoms with van der Waals surface area (Å²) in [7, 11) is 1.88. The van der Waals surface area contributed by atoms with Crippen molar-refractivity contribution in [1.82, 2.24) is 4.90 Å². The summed E-state index contributed by atoms with van der Waals surface area (Å²) in [6.07, 6.45) is 5.12. The maximum atomic E-state index is 12.5. The molecule has 0 radical (unpaired) electrons. The number of amides is 1. The Morgan fingerprint density at radius 2 is 2.05 bits per heavy atom. The second-order valence-corrected chi connectivity index (χ2v) is 6.35. The fourth-order valence-electron chi connectivity index (χ4n) is 3.17. The average Bonchev–Trinajstić information content (AvgIpc) is 2.48. The second-order valence-electron chi connectivity index (χ2n) is 6.35. The summed E-state index contributed by atoms with van der Waals surface area (Å²) in [5.74, 6) is 0.932. The van der Waals surface area contributed by atoms with Crippen LogP contribution in [0.5, 0.6) is 5.75 Å². The standard InChI is InChI=1S/C17H26N2O2/c1-12-4-3-5-14(10-12)19(2)17(21)16(18)11-13-6-8-15(20)9-7-13/h6-9,12,14,16,20H,3-5,10-11,18H2,1-2H3/t12?,14?,16-/m0/s1. The molecule has 116 valence electrons. The molecule has 3 N–H and O–H groups in total. The molecule has 1 aliphatic rings. The van der Waals surface area contributed by atoms with E-state index in [4.69, 9.17) is 5.73 Å². The van der Waals surface area contributed by atoms with Crippen molar-refractivity contribution < 1.29 is 9.90 Å². The van der Waals surface area contributed by atoms with Crippen molar-refractivity contribution in [1.29, 1.82) is 0 Å². The van der Waals surface area contributed by atoms with Crippen LogP contribution < -0.4 is 5.73 Å². The van der Waals surface area contributed by atoms with Crippen LogP contribution in [0.25, 0.3) is 0 Å². The molecule has 2 rings (SSSR count). The van der Waals surface area contributed by atoms with Crippen LogP contribution in [0.2, 0.25) is 0 Å². The number of hydrogen-bond donors (Lipinski definition) is 2. The number of aromatic hydroxyl groups is 1. The third kappa shape index (κ3) is 4.21. The zero-order chi connectivity index (χ0) is 15.4. The summed E-state index contributed by atoms with van der Waals surface area (Å²) in [5, 5.41) is 9.28. The molecule has 2 unspecified atom stereocenters. The third-order valence-corrected chi connectivity index (χ3v) is 4.51. The molecule has 1 aromatic rings. The van der Waals surface area contributed by atoms with Gasteiger partial charge >= 0.3 is 0 Å². The predicted molar refractivity (Wildman–Crippen MR) is 84.0 cm³/mol. The minimum Gasteiger partial charge on any atom is -0.508 e. The highest BCUT2D eigenvalue weighted by Crippen LogP contribution is 2.27. The van der Waals surface area contributed by atoms with Gasteiger partial charge in [-0.1, -0.05) is 31.9 Å². The number of phenols is 1. The van der Waals surface area contributed by atoms with Crippen molar-refractivity contribution in [2.75, 3.05) is 7.05 Å². The van der Waals surface area contributed by atoms with Crippen molar-refractivity contribution in [3.05, 3.63) is 29.8 Å². The summed E-state index contributed by atoms with van der Waals surface area (Å²) < 4.78 is 0. The molecule has 1 saturated carbocycles. The summed E-state index contributed by atoms with van der Waals surface area (Å²) in [6.45, 7) is 2.25. The number of phenolic OH excluding ortho intramolecular Hbond substituents is 1.